The number of ether oxygens (including phenoxy) is 1. The van der Waals surface area contributed by atoms with Crippen LogP contribution in [0.5, 0.6) is 0 Å². The largest absolute Gasteiger partial charge is 0.383 e. The van der Waals surface area contributed by atoms with Gasteiger partial charge in [-0.1, -0.05) is 13.0 Å². The SMILES string of the molecule is C=CC[C@H]1C[C@@H](n2ccc3c(N)ncnc32)[C@H](OC(C)(C)O)[C@@H]1C. The highest BCUT2D eigenvalue weighted by Gasteiger charge is 2.44. The zero-order chi connectivity index (χ0) is 17.5. The molecule has 130 valence electrons. The number of hydrogen-bond donors (Lipinski definition) is 2. The maximum Gasteiger partial charge on any atom is 0.160 e. The monoisotopic (exact) mass is 330 g/mol. The molecular weight excluding hydrogens is 304 g/mol. The molecule has 0 radical (unpaired) electrons. The Morgan fingerprint density at radius 2 is 2.25 bits per heavy atom. The van der Waals surface area contributed by atoms with Crippen LogP contribution < -0.4 is 5.73 Å². The summed E-state index contributed by atoms with van der Waals surface area (Å²) in [6, 6.07) is 2.03. The molecule has 6 nitrogen and oxygen atoms in total. The van der Waals surface area contributed by atoms with Crippen molar-refractivity contribution in [2.45, 2.75) is 51.5 Å². The van der Waals surface area contributed by atoms with Gasteiger partial charge in [-0.05, 0) is 44.6 Å². The van der Waals surface area contributed by atoms with Gasteiger partial charge in [0, 0.05) is 6.20 Å². The third kappa shape index (κ3) is 3.03. The maximum absolute atomic E-state index is 10.2. The Bertz CT molecular complexity index is 734. The summed E-state index contributed by atoms with van der Waals surface area (Å²) in [6.45, 7) is 9.40. The first kappa shape index (κ1) is 16.9. The van der Waals surface area contributed by atoms with E-state index >= 15 is 0 Å². The Labute approximate surface area is 142 Å². The molecule has 1 fully saturated rings. The van der Waals surface area contributed by atoms with Crippen LogP contribution in [0.2, 0.25) is 0 Å². The molecule has 1 aliphatic rings. The highest BCUT2D eigenvalue weighted by Crippen LogP contribution is 2.45. The van der Waals surface area contributed by atoms with Gasteiger partial charge in [0.15, 0.2) is 5.79 Å². The van der Waals surface area contributed by atoms with E-state index in [0.29, 0.717) is 17.7 Å². The third-order valence-corrected chi connectivity index (χ3v) is 4.98. The van der Waals surface area contributed by atoms with Crippen LogP contribution in [0.4, 0.5) is 5.82 Å². The fourth-order valence-corrected chi connectivity index (χ4v) is 3.85. The Morgan fingerprint density at radius 1 is 1.50 bits per heavy atom. The quantitative estimate of drug-likeness (QED) is 0.650. The standard InChI is InChI=1S/C18H26N4O2/c1-5-6-12-9-14(15(11(12)2)24-18(3,4)23)22-8-7-13-16(19)20-10-21-17(13)22/h5,7-8,10-12,14-15,23H,1,6,9H2,2-4H3,(H2,19,20,21)/t11-,12+,14-,15-/m1/s1. The minimum Gasteiger partial charge on any atom is -0.383 e. The second-order valence-corrected chi connectivity index (χ2v) is 7.20. The number of aliphatic hydroxyl groups is 1. The van der Waals surface area contributed by atoms with Crippen molar-refractivity contribution in [2.75, 3.05) is 5.73 Å². The van der Waals surface area contributed by atoms with Crippen LogP contribution in [0.25, 0.3) is 11.0 Å². The van der Waals surface area contributed by atoms with Gasteiger partial charge in [-0.25, -0.2) is 9.97 Å². The number of fused-ring (bicyclic) bond motifs is 1. The number of nitrogens with zero attached hydrogens (tertiary/aromatic N) is 3. The van der Waals surface area contributed by atoms with Gasteiger partial charge >= 0.3 is 0 Å². The number of rotatable bonds is 5. The fourth-order valence-electron chi connectivity index (χ4n) is 3.85. The molecule has 4 atom stereocenters. The van der Waals surface area contributed by atoms with Crippen molar-refractivity contribution in [3.63, 3.8) is 0 Å². The molecule has 2 aromatic rings. The van der Waals surface area contributed by atoms with E-state index in [9.17, 15) is 5.11 Å². The van der Waals surface area contributed by atoms with Gasteiger partial charge in [-0.15, -0.1) is 6.58 Å². The number of anilines is 1. The molecule has 1 saturated carbocycles. The molecule has 0 bridgehead atoms. The molecule has 3 N–H and O–H groups in total. The summed E-state index contributed by atoms with van der Waals surface area (Å²) >= 11 is 0. The molecule has 6 heteroatoms. The van der Waals surface area contributed by atoms with Crippen LogP contribution in [0, 0.1) is 11.8 Å². The molecule has 1 aliphatic carbocycles. The number of hydrogen-bond acceptors (Lipinski definition) is 5. The van der Waals surface area contributed by atoms with E-state index in [4.69, 9.17) is 10.5 Å². The second kappa shape index (κ2) is 6.18. The number of aromatic nitrogens is 3. The van der Waals surface area contributed by atoms with Gasteiger partial charge in [-0.3, -0.25) is 0 Å². The fraction of sp³-hybridized carbons (Fsp3) is 0.556. The van der Waals surface area contributed by atoms with E-state index < -0.39 is 5.79 Å². The summed E-state index contributed by atoms with van der Waals surface area (Å²) in [5.74, 6) is 0.0527. The first-order valence-corrected chi connectivity index (χ1v) is 8.40. The van der Waals surface area contributed by atoms with Crippen molar-refractivity contribution in [3.8, 4) is 0 Å². The molecule has 0 saturated heterocycles. The summed E-state index contributed by atoms with van der Waals surface area (Å²) in [4.78, 5) is 8.46. The van der Waals surface area contributed by atoms with E-state index in [2.05, 4.69) is 28.0 Å². The Balaban J connectivity index is 2.01. The highest BCUT2D eigenvalue weighted by atomic mass is 16.6. The van der Waals surface area contributed by atoms with Gasteiger partial charge in [0.1, 0.15) is 17.8 Å². The lowest BCUT2D eigenvalue weighted by Crippen LogP contribution is -2.36. The van der Waals surface area contributed by atoms with E-state index in [1.807, 2.05) is 18.3 Å². The molecule has 2 heterocycles. The molecular formula is C18H26N4O2. The van der Waals surface area contributed by atoms with E-state index in [-0.39, 0.29) is 12.1 Å². The minimum absolute atomic E-state index is 0.0863. The Hall–Kier alpha value is -1.92. The summed E-state index contributed by atoms with van der Waals surface area (Å²) < 4.78 is 8.14. The predicted molar refractivity (Wildman–Crippen MR) is 94.2 cm³/mol. The highest BCUT2D eigenvalue weighted by molar-refractivity contribution is 5.86. The van der Waals surface area contributed by atoms with Gasteiger partial charge in [0.25, 0.3) is 0 Å². The molecule has 24 heavy (non-hydrogen) atoms. The van der Waals surface area contributed by atoms with Crippen molar-refractivity contribution in [3.05, 3.63) is 31.2 Å². The van der Waals surface area contributed by atoms with Crippen molar-refractivity contribution in [1.82, 2.24) is 14.5 Å². The lowest BCUT2D eigenvalue weighted by molar-refractivity contribution is -0.219. The molecule has 2 aromatic heterocycles. The van der Waals surface area contributed by atoms with Crippen molar-refractivity contribution < 1.29 is 9.84 Å². The summed E-state index contributed by atoms with van der Waals surface area (Å²) in [7, 11) is 0. The molecule has 0 spiro atoms. The smallest absolute Gasteiger partial charge is 0.160 e. The van der Waals surface area contributed by atoms with Gasteiger partial charge < -0.3 is 20.1 Å². The zero-order valence-electron chi connectivity index (χ0n) is 14.5. The summed E-state index contributed by atoms with van der Waals surface area (Å²) in [5, 5.41) is 11.0. The first-order valence-electron chi connectivity index (χ1n) is 8.40. The van der Waals surface area contributed by atoms with Crippen LogP contribution in [-0.4, -0.2) is 31.5 Å². The zero-order valence-corrected chi connectivity index (χ0v) is 14.5. The van der Waals surface area contributed by atoms with Crippen molar-refractivity contribution in [1.29, 1.82) is 0 Å². The maximum atomic E-state index is 10.2. The third-order valence-electron chi connectivity index (χ3n) is 4.98. The van der Waals surface area contributed by atoms with E-state index in [1.54, 1.807) is 13.8 Å². The summed E-state index contributed by atoms with van der Waals surface area (Å²) in [6.07, 6.45) is 7.20. The lowest BCUT2D eigenvalue weighted by Gasteiger charge is -2.31. The van der Waals surface area contributed by atoms with Crippen LogP contribution in [0.3, 0.4) is 0 Å². The molecule has 0 aromatic carbocycles. The minimum atomic E-state index is -1.18. The van der Waals surface area contributed by atoms with Crippen LogP contribution in [-0.2, 0) is 4.74 Å². The van der Waals surface area contributed by atoms with Crippen LogP contribution in [0.15, 0.2) is 31.2 Å². The van der Waals surface area contributed by atoms with Gasteiger partial charge in [-0.2, -0.15) is 0 Å². The molecule has 0 aliphatic heterocycles. The first-order chi connectivity index (χ1) is 11.3. The van der Waals surface area contributed by atoms with E-state index in [0.717, 1.165) is 23.9 Å². The number of nitrogens with two attached hydrogens (primary N) is 1. The number of allylic oxidation sites excluding steroid dienone is 1. The molecule has 3 rings (SSSR count). The van der Waals surface area contributed by atoms with Gasteiger partial charge in [0.05, 0.1) is 17.5 Å². The van der Waals surface area contributed by atoms with E-state index in [1.165, 1.54) is 6.33 Å². The van der Waals surface area contributed by atoms with Crippen LogP contribution in [0.1, 0.15) is 39.7 Å². The second-order valence-electron chi connectivity index (χ2n) is 7.20. The Morgan fingerprint density at radius 3 is 2.92 bits per heavy atom. The molecule has 0 unspecified atom stereocenters. The normalized spacial score (nSPS) is 27.7. The average molecular weight is 330 g/mol. The summed E-state index contributed by atoms with van der Waals surface area (Å²) in [5.41, 5.74) is 6.77. The average Bonchev–Trinajstić information content (AvgIpc) is 3.04. The Kier molecular flexibility index (Phi) is 4.36. The number of nitrogen functional groups attached to an aromatic ring is 1. The molecule has 0 amide bonds. The lowest BCUT2D eigenvalue weighted by atomic mass is 9.94. The topological polar surface area (TPSA) is 86.2 Å². The predicted octanol–water partition coefficient (Wildman–Crippen LogP) is 2.90. The van der Waals surface area contributed by atoms with Crippen LogP contribution >= 0.6 is 0 Å². The van der Waals surface area contributed by atoms with Gasteiger partial charge in [0.2, 0.25) is 0 Å². The van der Waals surface area contributed by atoms with Crippen molar-refractivity contribution >= 4 is 16.9 Å². The van der Waals surface area contributed by atoms with Crippen molar-refractivity contribution in [2.24, 2.45) is 11.8 Å².